The second-order valence-corrected chi connectivity index (χ2v) is 5.60. The summed E-state index contributed by atoms with van der Waals surface area (Å²) in [6.45, 7) is 2.01. The normalized spacial score (nSPS) is 35.5. The number of carbonyl (C=O) groups excluding carboxylic acids is 1. The number of carbonyl (C=O) groups is 1. The average Bonchev–Trinajstić information content (AvgIpc) is 2.26. The van der Waals surface area contributed by atoms with E-state index in [1.54, 1.807) is 0 Å². The fraction of sp³-hybridized carbons (Fsp3) is 0.923. The Kier molecular flexibility index (Phi) is 4.05. The van der Waals surface area contributed by atoms with E-state index in [-0.39, 0.29) is 11.9 Å². The number of nitrogens with zero attached hydrogens (tertiary/aromatic N) is 1. The molecule has 17 heavy (non-hydrogen) atoms. The van der Waals surface area contributed by atoms with Crippen molar-refractivity contribution in [1.82, 2.24) is 10.2 Å². The quantitative estimate of drug-likeness (QED) is 0.765. The largest absolute Gasteiger partial charge is 0.368 e. The monoisotopic (exact) mass is 239 g/mol. The predicted molar refractivity (Wildman–Crippen MR) is 68.6 cm³/mol. The van der Waals surface area contributed by atoms with E-state index in [0.29, 0.717) is 18.1 Å². The smallest absolute Gasteiger partial charge is 0.234 e. The van der Waals surface area contributed by atoms with Crippen molar-refractivity contribution in [3.63, 3.8) is 0 Å². The summed E-state index contributed by atoms with van der Waals surface area (Å²) in [5.41, 5.74) is 5.40. The second kappa shape index (κ2) is 5.36. The molecule has 2 heterocycles. The predicted octanol–water partition coefficient (Wildman–Crippen LogP) is 0.855. The SMILES string of the molecule is CCC(NC1CC2CCCC(C1)N2C)C(N)=O. The molecule has 2 saturated heterocycles. The van der Waals surface area contributed by atoms with Gasteiger partial charge in [-0.05, 0) is 39.2 Å². The molecule has 98 valence electrons. The van der Waals surface area contributed by atoms with Crippen molar-refractivity contribution < 1.29 is 4.79 Å². The van der Waals surface area contributed by atoms with Crippen LogP contribution in [0.1, 0.15) is 45.4 Å². The van der Waals surface area contributed by atoms with E-state index >= 15 is 0 Å². The lowest BCUT2D eigenvalue weighted by molar-refractivity contribution is -0.120. The molecule has 2 aliphatic heterocycles. The van der Waals surface area contributed by atoms with Crippen LogP contribution in [0.3, 0.4) is 0 Å². The van der Waals surface area contributed by atoms with Gasteiger partial charge in [0, 0.05) is 18.1 Å². The third kappa shape index (κ3) is 2.80. The van der Waals surface area contributed by atoms with Gasteiger partial charge in [-0.15, -0.1) is 0 Å². The maximum Gasteiger partial charge on any atom is 0.234 e. The summed E-state index contributed by atoms with van der Waals surface area (Å²) in [4.78, 5) is 13.8. The molecule has 0 aromatic carbocycles. The Labute approximate surface area is 104 Å². The summed E-state index contributed by atoms with van der Waals surface area (Å²) in [5.74, 6) is -0.211. The van der Waals surface area contributed by atoms with Gasteiger partial charge in [-0.3, -0.25) is 4.79 Å². The van der Waals surface area contributed by atoms with Crippen LogP contribution in [-0.4, -0.2) is 42.0 Å². The first kappa shape index (κ1) is 12.8. The molecule has 0 spiro atoms. The van der Waals surface area contributed by atoms with Crippen molar-refractivity contribution in [3.05, 3.63) is 0 Å². The van der Waals surface area contributed by atoms with Gasteiger partial charge in [0.1, 0.15) is 0 Å². The molecule has 3 N–H and O–H groups in total. The number of primary amides is 1. The molecule has 4 heteroatoms. The molecule has 0 aliphatic carbocycles. The first-order chi connectivity index (χ1) is 8.11. The van der Waals surface area contributed by atoms with Crippen molar-refractivity contribution in [2.75, 3.05) is 7.05 Å². The number of piperidine rings is 2. The minimum atomic E-state index is -0.211. The lowest BCUT2D eigenvalue weighted by Gasteiger charge is -2.47. The molecular formula is C13H25N3O. The Bertz CT molecular complexity index is 268. The van der Waals surface area contributed by atoms with Gasteiger partial charge >= 0.3 is 0 Å². The van der Waals surface area contributed by atoms with Crippen LogP contribution >= 0.6 is 0 Å². The third-order valence-electron chi connectivity index (χ3n) is 4.53. The zero-order chi connectivity index (χ0) is 12.4. The summed E-state index contributed by atoms with van der Waals surface area (Å²) in [6, 6.07) is 1.72. The fourth-order valence-electron chi connectivity index (χ4n) is 3.44. The number of nitrogens with two attached hydrogens (primary N) is 1. The lowest BCUT2D eigenvalue weighted by atomic mass is 9.82. The molecule has 3 atom stereocenters. The van der Waals surface area contributed by atoms with Gasteiger partial charge < -0.3 is 16.0 Å². The van der Waals surface area contributed by atoms with Crippen LogP contribution in [0.2, 0.25) is 0 Å². The zero-order valence-corrected chi connectivity index (χ0v) is 11.0. The van der Waals surface area contributed by atoms with E-state index < -0.39 is 0 Å². The number of rotatable bonds is 4. The molecule has 2 bridgehead atoms. The highest BCUT2D eigenvalue weighted by Crippen LogP contribution is 2.32. The average molecular weight is 239 g/mol. The topological polar surface area (TPSA) is 58.4 Å². The molecular weight excluding hydrogens is 214 g/mol. The first-order valence-corrected chi connectivity index (χ1v) is 6.89. The molecule has 0 aromatic rings. The van der Waals surface area contributed by atoms with Crippen molar-refractivity contribution >= 4 is 5.91 Å². The number of hydrogen-bond donors (Lipinski definition) is 2. The molecule has 0 saturated carbocycles. The Hall–Kier alpha value is -0.610. The maximum atomic E-state index is 11.3. The molecule has 0 aromatic heterocycles. The third-order valence-corrected chi connectivity index (χ3v) is 4.53. The van der Waals surface area contributed by atoms with Crippen LogP contribution in [0.5, 0.6) is 0 Å². The van der Waals surface area contributed by atoms with E-state index in [1.807, 2.05) is 6.92 Å². The van der Waals surface area contributed by atoms with Crippen LogP contribution in [-0.2, 0) is 4.79 Å². The van der Waals surface area contributed by atoms with Crippen LogP contribution in [0.4, 0.5) is 0 Å². The Morgan fingerprint density at radius 1 is 1.41 bits per heavy atom. The van der Waals surface area contributed by atoms with Gasteiger partial charge in [-0.2, -0.15) is 0 Å². The van der Waals surface area contributed by atoms with Crippen molar-refractivity contribution in [2.24, 2.45) is 5.73 Å². The van der Waals surface area contributed by atoms with Crippen molar-refractivity contribution in [2.45, 2.75) is 69.6 Å². The van der Waals surface area contributed by atoms with Crippen molar-refractivity contribution in [1.29, 1.82) is 0 Å². The number of hydrogen-bond acceptors (Lipinski definition) is 3. The summed E-state index contributed by atoms with van der Waals surface area (Å²) in [6.07, 6.45) is 7.08. The van der Waals surface area contributed by atoms with Gasteiger partial charge in [0.2, 0.25) is 5.91 Å². The molecule has 3 unspecified atom stereocenters. The maximum absolute atomic E-state index is 11.3. The second-order valence-electron chi connectivity index (χ2n) is 5.60. The van der Waals surface area contributed by atoms with E-state index in [4.69, 9.17) is 5.73 Å². The number of amides is 1. The Balaban J connectivity index is 1.93. The minimum absolute atomic E-state index is 0.149. The van der Waals surface area contributed by atoms with Gasteiger partial charge in [-0.25, -0.2) is 0 Å². The van der Waals surface area contributed by atoms with Crippen LogP contribution in [0.15, 0.2) is 0 Å². The highest BCUT2D eigenvalue weighted by atomic mass is 16.1. The van der Waals surface area contributed by atoms with Gasteiger partial charge in [0.25, 0.3) is 0 Å². The number of nitrogens with one attached hydrogen (secondary N) is 1. The van der Waals surface area contributed by atoms with E-state index in [2.05, 4.69) is 17.3 Å². The van der Waals surface area contributed by atoms with Crippen LogP contribution in [0.25, 0.3) is 0 Å². The molecule has 1 amide bonds. The molecule has 2 rings (SSSR count). The summed E-state index contributed by atoms with van der Waals surface area (Å²) >= 11 is 0. The summed E-state index contributed by atoms with van der Waals surface area (Å²) in [5, 5.41) is 3.45. The van der Waals surface area contributed by atoms with Gasteiger partial charge in [-0.1, -0.05) is 13.3 Å². The lowest BCUT2D eigenvalue weighted by Crippen LogP contribution is -2.57. The minimum Gasteiger partial charge on any atom is -0.368 e. The van der Waals surface area contributed by atoms with Gasteiger partial charge in [0.05, 0.1) is 6.04 Å². The summed E-state index contributed by atoms with van der Waals surface area (Å²) < 4.78 is 0. The van der Waals surface area contributed by atoms with E-state index in [0.717, 1.165) is 19.3 Å². The van der Waals surface area contributed by atoms with Crippen molar-refractivity contribution in [3.8, 4) is 0 Å². The van der Waals surface area contributed by atoms with E-state index in [9.17, 15) is 4.79 Å². The molecule has 2 fully saturated rings. The zero-order valence-electron chi connectivity index (χ0n) is 11.0. The molecule has 4 nitrogen and oxygen atoms in total. The standard InChI is InChI=1S/C13H25N3O/c1-3-12(13(14)17)15-9-7-10-5-4-6-11(8-9)16(10)2/h9-12,15H,3-8H2,1-2H3,(H2,14,17). The van der Waals surface area contributed by atoms with Crippen LogP contribution in [0, 0.1) is 0 Å². The Morgan fingerprint density at radius 3 is 2.47 bits per heavy atom. The highest BCUT2D eigenvalue weighted by Gasteiger charge is 2.36. The van der Waals surface area contributed by atoms with Gasteiger partial charge in [0.15, 0.2) is 0 Å². The van der Waals surface area contributed by atoms with Crippen LogP contribution < -0.4 is 11.1 Å². The summed E-state index contributed by atoms with van der Waals surface area (Å²) in [7, 11) is 2.25. The molecule has 0 radical (unpaired) electrons. The Morgan fingerprint density at radius 2 is 2.00 bits per heavy atom. The first-order valence-electron chi connectivity index (χ1n) is 6.89. The highest BCUT2D eigenvalue weighted by molar-refractivity contribution is 5.79. The van der Waals surface area contributed by atoms with E-state index in [1.165, 1.54) is 19.3 Å². The number of fused-ring (bicyclic) bond motifs is 2. The fourth-order valence-corrected chi connectivity index (χ4v) is 3.44. The molecule has 2 aliphatic rings.